The summed E-state index contributed by atoms with van der Waals surface area (Å²) in [7, 11) is 0. The van der Waals surface area contributed by atoms with Crippen molar-refractivity contribution in [2.75, 3.05) is 23.3 Å². The minimum Gasteiger partial charge on any atom is -0.439 e. The van der Waals surface area contributed by atoms with E-state index in [4.69, 9.17) is 33.5 Å². The first-order chi connectivity index (χ1) is 15.7. The van der Waals surface area contributed by atoms with Gasteiger partial charge in [0, 0.05) is 30.7 Å². The lowest BCUT2D eigenvalue weighted by Gasteiger charge is -2.22. The molecule has 0 spiro atoms. The number of benzene rings is 2. The van der Waals surface area contributed by atoms with Gasteiger partial charge in [-0.25, -0.2) is 0 Å². The summed E-state index contributed by atoms with van der Waals surface area (Å²) in [6.45, 7) is 2.52. The van der Waals surface area contributed by atoms with E-state index in [0.717, 1.165) is 43.1 Å². The van der Waals surface area contributed by atoms with E-state index in [9.17, 15) is 0 Å². The third-order valence-electron chi connectivity index (χ3n) is 5.18. The number of rotatable bonds is 6. The number of aromatic nitrogens is 2. The molecule has 32 heavy (non-hydrogen) atoms. The van der Waals surface area contributed by atoms with Crippen LogP contribution in [0.4, 0.5) is 11.8 Å². The van der Waals surface area contributed by atoms with Crippen molar-refractivity contribution >= 4 is 40.7 Å². The smallest absolute Gasteiger partial charge is 0.234 e. The van der Waals surface area contributed by atoms with Gasteiger partial charge in [-0.1, -0.05) is 54.8 Å². The van der Waals surface area contributed by atoms with Gasteiger partial charge in [0.15, 0.2) is 5.11 Å². The number of para-hydroxylation sites is 1. The van der Waals surface area contributed by atoms with Gasteiger partial charge in [0.25, 0.3) is 0 Å². The Morgan fingerprint density at radius 3 is 2.41 bits per heavy atom. The summed E-state index contributed by atoms with van der Waals surface area (Å²) in [5.41, 5.74) is 1.07. The normalized spacial score (nSPS) is 13.8. The van der Waals surface area contributed by atoms with Crippen LogP contribution in [0, 0.1) is 0 Å². The van der Waals surface area contributed by atoms with Gasteiger partial charge in [0.1, 0.15) is 11.6 Å². The van der Waals surface area contributed by atoms with E-state index in [1.807, 2.05) is 60.7 Å². The first-order valence-corrected chi connectivity index (χ1v) is 11.6. The number of nitrogens with one attached hydrogen (secondary N) is 2. The van der Waals surface area contributed by atoms with Crippen LogP contribution in [0.25, 0.3) is 0 Å². The molecule has 0 unspecified atom stereocenters. The zero-order valence-electron chi connectivity index (χ0n) is 17.8. The van der Waals surface area contributed by atoms with Crippen molar-refractivity contribution in [3.63, 3.8) is 0 Å². The average molecular weight is 468 g/mol. The van der Waals surface area contributed by atoms with Crippen molar-refractivity contribution in [3.8, 4) is 11.6 Å². The van der Waals surface area contributed by atoms with Crippen molar-refractivity contribution in [2.45, 2.75) is 32.2 Å². The highest BCUT2D eigenvalue weighted by Crippen LogP contribution is 2.26. The summed E-state index contributed by atoms with van der Waals surface area (Å²) in [6, 6.07) is 19.1. The van der Waals surface area contributed by atoms with Gasteiger partial charge in [-0.05, 0) is 54.9 Å². The molecule has 0 amide bonds. The van der Waals surface area contributed by atoms with Gasteiger partial charge < -0.3 is 20.3 Å². The van der Waals surface area contributed by atoms with E-state index in [-0.39, 0.29) is 0 Å². The quantitative estimate of drug-likeness (QED) is 0.445. The molecule has 1 aliphatic heterocycles. The highest BCUT2D eigenvalue weighted by atomic mass is 35.5. The molecule has 0 radical (unpaired) electrons. The topological polar surface area (TPSA) is 62.3 Å². The van der Waals surface area contributed by atoms with E-state index in [1.165, 1.54) is 12.8 Å². The Morgan fingerprint density at radius 1 is 0.969 bits per heavy atom. The Kier molecular flexibility index (Phi) is 7.74. The van der Waals surface area contributed by atoms with E-state index in [1.54, 1.807) is 0 Å². The largest absolute Gasteiger partial charge is 0.439 e. The van der Waals surface area contributed by atoms with E-state index >= 15 is 0 Å². The molecular formula is C24H26ClN5OS. The van der Waals surface area contributed by atoms with Crippen molar-refractivity contribution < 1.29 is 4.74 Å². The zero-order chi connectivity index (χ0) is 22.2. The van der Waals surface area contributed by atoms with Crippen LogP contribution >= 0.6 is 23.8 Å². The number of hydrogen-bond acceptors (Lipinski definition) is 5. The molecule has 8 heteroatoms. The number of ether oxygens (including phenoxy) is 1. The Labute approximate surface area is 199 Å². The molecule has 1 aliphatic rings. The summed E-state index contributed by atoms with van der Waals surface area (Å²) in [6.07, 6.45) is 4.81. The fourth-order valence-electron chi connectivity index (χ4n) is 3.52. The molecule has 6 nitrogen and oxygen atoms in total. The van der Waals surface area contributed by atoms with Crippen LogP contribution in [0.15, 0.2) is 60.7 Å². The molecule has 1 saturated heterocycles. The molecule has 4 rings (SSSR count). The van der Waals surface area contributed by atoms with Gasteiger partial charge in [-0.15, -0.1) is 0 Å². The lowest BCUT2D eigenvalue weighted by atomic mass is 10.2. The van der Waals surface area contributed by atoms with Crippen LogP contribution in [-0.2, 0) is 6.54 Å². The molecule has 1 aromatic heterocycles. The third kappa shape index (κ3) is 6.55. The molecule has 0 aliphatic carbocycles. The van der Waals surface area contributed by atoms with E-state index in [0.29, 0.717) is 28.5 Å². The van der Waals surface area contributed by atoms with Gasteiger partial charge >= 0.3 is 0 Å². The fourth-order valence-corrected chi connectivity index (χ4v) is 3.81. The summed E-state index contributed by atoms with van der Waals surface area (Å²) in [5, 5.41) is 7.45. The predicted molar refractivity (Wildman–Crippen MR) is 134 cm³/mol. The van der Waals surface area contributed by atoms with Crippen LogP contribution in [0.3, 0.4) is 0 Å². The second-order valence-corrected chi connectivity index (χ2v) is 8.48. The maximum Gasteiger partial charge on any atom is 0.234 e. The minimum absolute atomic E-state index is 0.409. The standard InChI is InChI=1S/C24H26ClN5OS/c25-19-12-10-18(11-13-19)17-26-24(32)29-23-27-21(30-14-6-1-2-7-15-30)16-22(28-23)31-20-8-4-3-5-9-20/h3-5,8-13,16H,1-2,6-7,14-15,17H2,(H2,26,27,28,29,32). The molecule has 0 atom stereocenters. The van der Waals surface area contributed by atoms with Gasteiger partial charge in [-0.3, -0.25) is 0 Å². The molecule has 2 N–H and O–H groups in total. The minimum atomic E-state index is 0.409. The summed E-state index contributed by atoms with van der Waals surface area (Å²) in [5.74, 6) is 2.46. The van der Waals surface area contributed by atoms with Crippen LogP contribution in [0.2, 0.25) is 5.02 Å². The lowest BCUT2D eigenvalue weighted by Crippen LogP contribution is -2.30. The van der Waals surface area contributed by atoms with Gasteiger partial charge in [-0.2, -0.15) is 9.97 Å². The first kappa shape index (κ1) is 22.3. The Bertz CT molecular complexity index is 1020. The monoisotopic (exact) mass is 467 g/mol. The van der Waals surface area contributed by atoms with Crippen LogP contribution < -0.4 is 20.3 Å². The predicted octanol–water partition coefficient (Wildman–Crippen LogP) is 5.79. The fraction of sp³-hybridized carbons (Fsp3) is 0.292. The van der Waals surface area contributed by atoms with Crippen LogP contribution in [0.1, 0.15) is 31.2 Å². The van der Waals surface area contributed by atoms with Crippen molar-refractivity contribution in [1.82, 2.24) is 15.3 Å². The molecular weight excluding hydrogens is 442 g/mol. The maximum absolute atomic E-state index is 6.01. The number of anilines is 2. The average Bonchev–Trinajstić information content (AvgIpc) is 3.09. The second kappa shape index (κ2) is 11.1. The molecule has 2 aromatic carbocycles. The Balaban J connectivity index is 1.49. The number of thiocarbonyl (C=S) groups is 1. The molecule has 166 valence electrons. The van der Waals surface area contributed by atoms with E-state index < -0.39 is 0 Å². The van der Waals surface area contributed by atoms with Crippen LogP contribution in [0.5, 0.6) is 11.6 Å². The highest BCUT2D eigenvalue weighted by Gasteiger charge is 2.15. The SMILES string of the molecule is S=C(NCc1ccc(Cl)cc1)Nc1nc(Oc2ccccc2)cc(N2CCCCCC2)n1. The van der Waals surface area contributed by atoms with Gasteiger partial charge in [0.05, 0.1) is 0 Å². The molecule has 0 bridgehead atoms. The highest BCUT2D eigenvalue weighted by molar-refractivity contribution is 7.80. The summed E-state index contributed by atoms with van der Waals surface area (Å²) in [4.78, 5) is 11.6. The Morgan fingerprint density at radius 2 is 1.69 bits per heavy atom. The van der Waals surface area contributed by atoms with Gasteiger partial charge in [0.2, 0.25) is 11.8 Å². The van der Waals surface area contributed by atoms with E-state index in [2.05, 4.69) is 20.5 Å². The summed E-state index contributed by atoms with van der Waals surface area (Å²) < 4.78 is 6.01. The third-order valence-corrected chi connectivity index (χ3v) is 5.67. The molecule has 3 aromatic rings. The zero-order valence-corrected chi connectivity index (χ0v) is 19.3. The Hall–Kier alpha value is -2.90. The molecule has 2 heterocycles. The summed E-state index contributed by atoms with van der Waals surface area (Å²) >= 11 is 11.4. The lowest BCUT2D eigenvalue weighted by molar-refractivity contribution is 0.462. The van der Waals surface area contributed by atoms with Crippen LogP contribution in [-0.4, -0.2) is 28.2 Å². The molecule has 0 saturated carbocycles. The number of hydrogen-bond donors (Lipinski definition) is 2. The number of nitrogens with zero attached hydrogens (tertiary/aromatic N) is 3. The second-order valence-electron chi connectivity index (χ2n) is 7.64. The van der Waals surface area contributed by atoms with Crippen molar-refractivity contribution in [2.24, 2.45) is 0 Å². The van der Waals surface area contributed by atoms with Crippen molar-refractivity contribution in [1.29, 1.82) is 0 Å². The first-order valence-electron chi connectivity index (χ1n) is 10.8. The maximum atomic E-state index is 6.01. The number of halogens is 1. The van der Waals surface area contributed by atoms with Crippen molar-refractivity contribution in [3.05, 3.63) is 71.2 Å². The molecule has 1 fully saturated rings.